The normalized spacial score (nSPS) is 14.3. The van der Waals surface area contributed by atoms with E-state index in [1.807, 2.05) is 11.0 Å². The summed E-state index contributed by atoms with van der Waals surface area (Å²) >= 11 is 7.17. The Morgan fingerprint density at radius 1 is 1.35 bits per heavy atom. The zero-order valence-corrected chi connectivity index (χ0v) is 12.3. The Morgan fingerprint density at radius 3 is 2.75 bits per heavy atom. The van der Waals surface area contributed by atoms with Crippen LogP contribution in [-0.4, -0.2) is 16.8 Å². The van der Waals surface area contributed by atoms with Crippen molar-refractivity contribution >= 4 is 28.8 Å². The number of amides is 1. The van der Waals surface area contributed by atoms with Gasteiger partial charge in [-0.3, -0.25) is 4.79 Å². The Bertz CT molecular complexity index is 638. The van der Waals surface area contributed by atoms with Crippen molar-refractivity contribution in [2.24, 2.45) is 0 Å². The van der Waals surface area contributed by atoms with Gasteiger partial charge in [-0.15, -0.1) is 11.3 Å². The van der Waals surface area contributed by atoms with Gasteiger partial charge in [-0.25, -0.2) is 4.39 Å². The predicted octanol–water partition coefficient (Wildman–Crippen LogP) is 4.35. The zero-order valence-electron chi connectivity index (χ0n) is 10.7. The van der Waals surface area contributed by atoms with Crippen LogP contribution in [0, 0.1) is 5.82 Å². The van der Waals surface area contributed by atoms with Crippen LogP contribution >= 0.6 is 22.9 Å². The molecule has 0 saturated heterocycles. The van der Waals surface area contributed by atoms with E-state index in [1.54, 1.807) is 18.2 Å². The minimum atomic E-state index is -0.273. The van der Waals surface area contributed by atoms with E-state index in [2.05, 4.69) is 0 Å². The first-order chi connectivity index (χ1) is 9.63. The summed E-state index contributed by atoms with van der Waals surface area (Å²) in [6, 6.07) is 10.1. The van der Waals surface area contributed by atoms with Crippen molar-refractivity contribution in [1.29, 1.82) is 0 Å². The molecule has 2 aromatic rings. The number of nitrogens with zero attached hydrogens (tertiary/aromatic N) is 1. The highest BCUT2D eigenvalue weighted by Crippen LogP contribution is 2.32. The summed E-state index contributed by atoms with van der Waals surface area (Å²) in [5.74, 6) is -0.293. The molecular weight excluding hydrogens is 297 g/mol. The topological polar surface area (TPSA) is 20.3 Å². The molecule has 104 valence electrons. The van der Waals surface area contributed by atoms with Gasteiger partial charge in [0.05, 0.1) is 9.21 Å². The molecule has 1 aliphatic carbocycles. The lowest BCUT2D eigenvalue weighted by Crippen LogP contribution is -2.32. The molecule has 0 N–H and O–H groups in total. The zero-order chi connectivity index (χ0) is 14.1. The van der Waals surface area contributed by atoms with Crippen LogP contribution in [0.4, 0.5) is 4.39 Å². The van der Waals surface area contributed by atoms with Gasteiger partial charge in [-0.2, -0.15) is 0 Å². The van der Waals surface area contributed by atoms with Crippen LogP contribution in [0.2, 0.25) is 4.34 Å². The molecular formula is C15H13ClFNOS. The first-order valence-electron chi connectivity index (χ1n) is 6.44. The van der Waals surface area contributed by atoms with Gasteiger partial charge in [0, 0.05) is 12.6 Å². The van der Waals surface area contributed by atoms with Crippen LogP contribution in [0.15, 0.2) is 36.4 Å². The Hall–Kier alpha value is -1.39. The smallest absolute Gasteiger partial charge is 0.264 e. The van der Waals surface area contributed by atoms with E-state index in [0.29, 0.717) is 15.8 Å². The van der Waals surface area contributed by atoms with E-state index in [-0.39, 0.29) is 17.8 Å². The number of benzene rings is 1. The van der Waals surface area contributed by atoms with Gasteiger partial charge in [-0.05, 0) is 42.7 Å². The molecule has 0 bridgehead atoms. The lowest BCUT2D eigenvalue weighted by atomic mass is 10.2. The fourth-order valence-electron chi connectivity index (χ4n) is 2.16. The summed E-state index contributed by atoms with van der Waals surface area (Å²) in [4.78, 5) is 15.0. The molecule has 0 spiro atoms. The van der Waals surface area contributed by atoms with Crippen LogP contribution in [0.3, 0.4) is 0 Å². The number of thiophene rings is 1. The summed E-state index contributed by atoms with van der Waals surface area (Å²) in [5, 5.41) is 0. The van der Waals surface area contributed by atoms with Crippen molar-refractivity contribution in [2.45, 2.75) is 25.4 Å². The molecule has 0 aliphatic heterocycles. The molecule has 3 rings (SSSR count). The van der Waals surface area contributed by atoms with E-state index in [4.69, 9.17) is 11.6 Å². The Labute approximate surface area is 125 Å². The van der Waals surface area contributed by atoms with Gasteiger partial charge < -0.3 is 4.90 Å². The summed E-state index contributed by atoms with van der Waals surface area (Å²) in [7, 11) is 0. The van der Waals surface area contributed by atoms with Crippen LogP contribution in [0.5, 0.6) is 0 Å². The summed E-state index contributed by atoms with van der Waals surface area (Å²) in [6.07, 6.45) is 2.03. The number of hydrogen-bond acceptors (Lipinski definition) is 2. The molecule has 2 nitrogen and oxygen atoms in total. The lowest BCUT2D eigenvalue weighted by molar-refractivity contribution is 0.0734. The van der Waals surface area contributed by atoms with Gasteiger partial charge >= 0.3 is 0 Å². The molecule has 0 unspecified atom stereocenters. The van der Waals surface area contributed by atoms with E-state index in [1.165, 1.54) is 23.5 Å². The second-order valence-corrected chi connectivity index (χ2v) is 6.61. The number of hydrogen-bond donors (Lipinski definition) is 0. The van der Waals surface area contributed by atoms with E-state index in [9.17, 15) is 9.18 Å². The quantitative estimate of drug-likeness (QED) is 0.822. The monoisotopic (exact) mass is 309 g/mol. The largest absolute Gasteiger partial charge is 0.331 e. The predicted molar refractivity (Wildman–Crippen MR) is 78.6 cm³/mol. The molecule has 0 radical (unpaired) electrons. The Kier molecular flexibility index (Phi) is 3.76. The Balaban J connectivity index is 1.81. The molecule has 1 aromatic carbocycles. The van der Waals surface area contributed by atoms with Crippen molar-refractivity contribution < 1.29 is 9.18 Å². The van der Waals surface area contributed by atoms with Crippen molar-refractivity contribution in [2.75, 3.05) is 0 Å². The first kappa shape index (κ1) is 13.6. The van der Waals surface area contributed by atoms with Crippen molar-refractivity contribution in [1.82, 2.24) is 4.90 Å². The fourth-order valence-corrected chi connectivity index (χ4v) is 3.15. The number of carbonyl (C=O) groups excluding carboxylic acids is 1. The molecule has 1 heterocycles. The Morgan fingerprint density at radius 2 is 2.15 bits per heavy atom. The molecule has 5 heteroatoms. The second kappa shape index (κ2) is 5.54. The van der Waals surface area contributed by atoms with Crippen molar-refractivity contribution in [3.63, 3.8) is 0 Å². The van der Waals surface area contributed by atoms with E-state index < -0.39 is 0 Å². The number of rotatable bonds is 4. The van der Waals surface area contributed by atoms with Gasteiger partial charge in [-0.1, -0.05) is 23.7 Å². The first-order valence-corrected chi connectivity index (χ1v) is 7.63. The third kappa shape index (κ3) is 3.02. The van der Waals surface area contributed by atoms with Crippen LogP contribution in [-0.2, 0) is 6.54 Å². The third-order valence-electron chi connectivity index (χ3n) is 3.27. The molecule has 1 aliphatic rings. The van der Waals surface area contributed by atoms with E-state index in [0.717, 1.165) is 18.4 Å². The molecule has 0 atom stereocenters. The molecule has 20 heavy (non-hydrogen) atoms. The standard InChI is InChI=1S/C15H13ClFNOS/c16-14-7-6-13(20-14)15(19)18(12-4-5-12)9-10-2-1-3-11(17)8-10/h1-3,6-8,12H,4-5,9H2. The maximum Gasteiger partial charge on any atom is 0.264 e. The molecule has 1 aromatic heterocycles. The van der Waals surface area contributed by atoms with Gasteiger partial charge in [0.2, 0.25) is 0 Å². The van der Waals surface area contributed by atoms with E-state index >= 15 is 0 Å². The average Bonchev–Trinajstić information content (AvgIpc) is 3.17. The molecule has 1 amide bonds. The third-order valence-corrected chi connectivity index (χ3v) is 4.49. The van der Waals surface area contributed by atoms with Gasteiger partial charge in [0.15, 0.2) is 0 Å². The van der Waals surface area contributed by atoms with Crippen molar-refractivity contribution in [3.8, 4) is 0 Å². The maximum atomic E-state index is 13.2. The average molecular weight is 310 g/mol. The number of carbonyl (C=O) groups is 1. The highest BCUT2D eigenvalue weighted by molar-refractivity contribution is 7.17. The maximum absolute atomic E-state index is 13.2. The van der Waals surface area contributed by atoms with Crippen LogP contribution in [0.25, 0.3) is 0 Å². The molecule has 1 fully saturated rings. The molecule has 1 saturated carbocycles. The highest BCUT2D eigenvalue weighted by atomic mass is 35.5. The van der Waals surface area contributed by atoms with Crippen LogP contribution in [0.1, 0.15) is 28.1 Å². The SMILES string of the molecule is O=C(c1ccc(Cl)s1)N(Cc1cccc(F)c1)C1CC1. The van der Waals surface area contributed by atoms with Crippen molar-refractivity contribution in [3.05, 3.63) is 57.0 Å². The summed E-state index contributed by atoms with van der Waals surface area (Å²) in [6.45, 7) is 0.441. The highest BCUT2D eigenvalue weighted by Gasteiger charge is 2.33. The van der Waals surface area contributed by atoms with Gasteiger partial charge in [0.1, 0.15) is 5.82 Å². The lowest BCUT2D eigenvalue weighted by Gasteiger charge is -2.22. The van der Waals surface area contributed by atoms with Gasteiger partial charge in [0.25, 0.3) is 5.91 Å². The summed E-state index contributed by atoms with van der Waals surface area (Å²) in [5.41, 5.74) is 0.813. The minimum Gasteiger partial charge on any atom is -0.331 e. The minimum absolute atomic E-state index is 0.0198. The fraction of sp³-hybridized carbons (Fsp3) is 0.267. The number of halogens is 2. The van der Waals surface area contributed by atoms with Crippen LogP contribution < -0.4 is 0 Å². The second-order valence-electron chi connectivity index (χ2n) is 4.90. The summed E-state index contributed by atoms with van der Waals surface area (Å²) < 4.78 is 13.8.